The third-order valence-corrected chi connectivity index (χ3v) is 5.03. The van der Waals surface area contributed by atoms with Crippen molar-refractivity contribution < 1.29 is 22.4 Å². The zero-order valence-corrected chi connectivity index (χ0v) is 17.0. The number of para-hydroxylation sites is 1. The van der Waals surface area contributed by atoms with E-state index in [0.29, 0.717) is 62.6 Å². The standard InChI is InChI=1S/C21H22F3N5O2/c1-2-30-17-6-4-3-5-16(17)20-26-19(31-27-20)14-28-9-11-29(12-10-28)18-8-7-15(13-25-18)21(22,23)24/h3-8,13H,2,9-12,14H2,1H3. The molecule has 0 N–H and O–H groups in total. The third-order valence-electron chi connectivity index (χ3n) is 5.03. The highest BCUT2D eigenvalue weighted by molar-refractivity contribution is 5.63. The van der Waals surface area contributed by atoms with Crippen LogP contribution in [-0.4, -0.2) is 52.8 Å². The first-order valence-electron chi connectivity index (χ1n) is 9.99. The number of halogens is 3. The lowest BCUT2D eigenvalue weighted by Crippen LogP contribution is -2.46. The predicted molar refractivity (Wildman–Crippen MR) is 108 cm³/mol. The molecule has 0 bridgehead atoms. The predicted octanol–water partition coefficient (Wildman–Crippen LogP) is 3.87. The molecule has 0 radical (unpaired) electrons. The maximum atomic E-state index is 12.7. The molecule has 0 saturated carbocycles. The lowest BCUT2D eigenvalue weighted by atomic mass is 10.2. The molecule has 0 aliphatic carbocycles. The van der Waals surface area contributed by atoms with Gasteiger partial charge >= 0.3 is 6.18 Å². The number of benzene rings is 1. The van der Waals surface area contributed by atoms with E-state index in [1.54, 1.807) is 0 Å². The fraction of sp³-hybridized carbons (Fsp3) is 0.381. The molecule has 3 heterocycles. The van der Waals surface area contributed by atoms with Gasteiger partial charge in [0.2, 0.25) is 11.7 Å². The molecule has 1 aliphatic rings. The average Bonchev–Trinajstić information content (AvgIpc) is 3.23. The molecule has 164 valence electrons. The van der Waals surface area contributed by atoms with Crippen molar-refractivity contribution in [3.05, 3.63) is 54.0 Å². The van der Waals surface area contributed by atoms with Crippen LogP contribution in [0.5, 0.6) is 5.75 Å². The van der Waals surface area contributed by atoms with Crippen molar-refractivity contribution in [1.82, 2.24) is 20.0 Å². The molecule has 10 heteroatoms. The summed E-state index contributed by atoms with van der Waals surface area (Å²) < 4.78 is 49.2. The number of nitrogens with zero attached hydrogens (tertiary/aromatic N) is 5. The Hall–Kier alpha value is -3.14. The van der Waals surface area contributed by atoms with Gasteiger partial charge in [-0.1, -0.05) is 17.3 Å². The highest BCUT2D eigenvalue weighted by atomic mass is 19.4. The maximum Gasteiger partial charge on any atom is 0.417 e. The minimum absolute atomic E-state index is 0.478. The van der Waals surface area contributed by atoms with Gasteiger partial charge < -0.3 is 14.2 Å². The van der Waals surface area contributed by atoms with Crippen molar-refractivity contribution in [3.63, 3.8) is 0 Å². The smallest absolute Gasteiger partial charge is 0.417 e. The molecule has 1 aliphatic heterocycles. The Morgan fingerprint density at radius 2 is 1.84 bits per heavy atom. The van der Waals surface area contributed by atoms with E-state index >= 15 is 0 Å². The number of hydrogen-bond donors (Lipinski definition) is 0. The summed E-state index contributed by atoms with van der Waals surface area (Å²) in [6.45, 7) is 5.65. The second-order valence-electron chi connectivity index (χ2n) is 7.11. The number of anilines is 1. The molecule has 1 saturated heterocycles. The van der Waals surface area contributed by atoms with Crippen LogP contribution in [0.15, 0.2) is 47.1 Å². The van der Waals surface area contributed by atoms with Crippen molar-refractivity contribution in [3.8, 4) is 17.1 Å². The Morgan fingerprint density at radius 3 is 2.52 bits per heavy atom. The molecule has 31 heavy (non-hydrogen) atoms. The number of rotatable bonds is 6. The van der Waals surface area contributed by atoms with E-state index in [0.717, 1.165) is 17.8 Å². The van der Waals surface area contributed by atoms with E-state index in [9.17, 15) is 13.2 Å². The van der Waals surface area contributed by atoms with Gasteiger partial charge in [0.25, 0.3) is 0 Å². The molecule has 2 aromatic heterocycles. The van der Waals surface area contributed by atoms with E-state index in [2.05, 4.69) is 20.0 Å². The fourth-order valence-corrected chi connectivity index (χ4v) is 3.43. The Morgan fingerprint density at radius 1 is 1.06 bits per heavy atom. The fourth-order valence-electron chi connectivity index (χ4n) is 3.43. The highest BCUT2D eigenvalue weighted by Gasteiger charge is 2.31. The van der Waals surface area contributed by atoms with Gasteiger partial charge in [-0.3, -0.25) is 4.90 Å². The van der Waals surface area contributed by atoms with Crippen LogP contribution in [0.2, 0.25) is 0 Å². The molecule has 1 fully saturated rings. The summed E-state index contributed by atoms with van der Waals surface area (Å²) in [6, 6.07) is 10.0. The number of alkyl halides is 3. The van der Waals surface area contributed by atoms with Crippen LogP contribution in [0.4, 0.5) is 19.0 Å². The molecule has 0 unspecified atom stereocenters. The van der Waals surface area contributed by atoms with Gasteiger partial charge in [0, 0.05) is 32.4 Å². The monoisotopic (exact) mass is 433 g/mol. The second kappa shape index (κ2) is 8.93. The van der Waals surface area contributed by atoms with Gasteiger partial charge in [-0.05, 0) is 31.2 Å². The van der Waals surface area contributed by atoms with Crippen molar-refractivity contribution in [1.29, 1.82) is 0 Å². The van der Waals surface area contributed by atoms with Gasteiger partial charge in [-0.15, -0.1) is 0 Å². The zero-order valence-electron chi connectivity index (χ0n) is 17.0. The molecule has 4 rings (SSSR count). The van der Waals surface area contributed by atoms with Gasteiger partial charge in [0.05, 0.1) is 24.3 Å². The van der Waals surface area contributed by atoms with Crippen molar-refractivity contribution in [2.75, 3.05) is 37.7 Å². The molecular weight excluding hydrogens is 411 g/mol. The third kappa shape index (κ3) is 4.96. The molecule has 1 aromatic carbocycles. The number of pyridine rings is 1. The summed E-state index contributed by atoms with van der Waals surface area (Å²) in [6.07, 6.45) is -3.50. The molecule has 3 aromatic rings. The first-order chi connectivity index (χ1) is 14.9. The maximum absolute atomic E-state index is 12.7. The Labute approximate surface area is 177 Å². The summed E-state index contributed by atoms with van der Waals surface area (Å²) >= 11 is 0. The highest BCUT2D eigenvalue weighted by Crippen LogP contribution is 2.30. The van der Waals surface area contributed by atoms with Crippen molar-refractivity contribution >= 4 is 5.82 Å². The van der Waals surface area contributed by atoms with E-state index < -0.39 is 11.7 Å². The van der Waals surface area contributed by atoms with Crippen molar-refractivity contribution in [2.24, 2.45) is 0 Å². The van der Waals surface area contributed by atoms with Crippen LogP contribution >= 0.6 is 0 Å². The van der Waals surface area contributed by atoms with Crippen LogP contribution in [0.25, 0.3) is 11.4 Å². The normalized spacial score (nSPS) is 15.3. The quantitative estimate of drug-likeness (QED) is 0.585. The Bertz CT molecular complexity index is 999. The van der Waals surface area contributed by atoms with Gasteiger partial charge in [0.15, 0.2) is 0 Å². The lowest BCUT2D eigenvalue weighted by molar-refractivity contribution is -0.137. The van der Waals surface area contributed by atoms with Crippen LogP contribution in [-0.2, 0) is 12.7 Å². The Kier molecular flexibility index (Phi) is 6.08. The zero-order chi connectivity index (χ0) is 21.8. The minimum Gasteiger partial charge on any atom is -0.493 e. The number of piperazine rings is 1. The number of aromatic nitrogens is 3. The van der Waals surface area contributed by atoms with E-state index in [-0.39, 0.29) is 0 Å². The summed E-state index contributed by atoms with van der Waals surface area (Å²) in [4.78, 5) is 12.6. The summed E-state index contributed by atoms with van der Waals surface area (Å²) in [5.74, 6) is 2.23. The van der Waals surface area contributed by atoms with E-state index in [1.807, 2.05) is 36.1 Å². The largest absolute Gasteiger partial charge is 0.493 e. The minimum atomic E-state index is -4.38. The molecule has 0 atom stereocenters. The van der Waals surface area contributed by atoms with E-state index in [4.69, 9.17) is 9.26 Å². The topological polar surface area (TPSA) is 67.5 Å². The lowest BCUT2D eigenvalue weighted by Gasteiger charge is -2.34. The summed E-state index contributed by atoms with van der Waals surface area (Å²) in [5.41, 5.74) is 0.0329. The van der Waals surface area contributed by atoms with Gasteiger partial charge in [0.1, 0.15) is 11.6 Å². The number of hydrogen-bond acceptors (Lipinski definition) is 7. The summed E-state index contributed by atoms with van der Waals surface area (Å²) in [5, 5.41) is 4.08. The Balaban J connectivity index is 1.35. The molecule has 0 amide bonds. The summed E-state index contributed by atoms with van der Waals surface area (Å²) in [7, 11) is 0. The molecular formula is C21H22F3N5O2. The number of ether oxygens (including phenoxy) is 1. The van der Waals surface area contributed by atoms with Crippen LogP contribution in [0, 0.1) is 0 Å². The van der Waals surface area contributed by atoms with Gasteiger partial charge in [-0.25, -0.2) is 4.98 Å². The van der Waals surface area contributed by atoms with Crippen LogP contribution in [0.1, 0.15) is 18.4 Å². The molecule has 7 nitrogen and oxygen atoms in total. The molecule has 0 spiro atoms. The first-order valence-corrected chi connectivity index (χ1v) is 9.99. The first kappa shape index (κ1) is 21.1. The van der Waals surface area contributed by atoms with Crippen molar-refractivity contribution in [2.45, 2.75) is 19.6 Å². The van der Waals surface area contributed by atoms with E-state index in [1.165, 1.54) is 6.07 Å². The van der Waals surface area contributed by atoms with Crippen LogP contribution in [0.3, 0.4) is 0 Å². The second-order valence-corrected chi connectivity index (χ2v) is 7.11. The average molecular weight is 433 g/mol. The van der Waals surface area contributed by atoms with Gasteiger partial charge in [-0.2, -0.15) is 18.2 Å². The van der Waals surface area contributed by atoms with Crippen LogP contribution < -0.4 is 9.64 Å². The SMILES string of the molecule is CCOc1ccccc1-c1noc(CN2CCN(c3ccc(C(F)(F)F)cn3)CC2)n1.